The molecule has 0 fully saturated rings. The number of ether oxygens (including phenoxy) is 1. The van der Waals surface area contributed by atoms with Gasteiger partial charge in [0.05, 0.1) is 16.9 Å². The molecule has 1 aliphatic rings. The highest BCUT2D eigenvalue weighted by Gasteiger charge is 2.37. The number of esters is 1. The zero-order chi connectivity index (χ0) is 18.5. The number of alkyl halides is 1. The van der Waals surface area contributed by atoms with Crippen molar-refractivity contribution >= 4 is 35.0 Å². The molecule has 2 aromatic rings. The fraction of sp³-hybridized carbons (Fsp3) is 0.381. The number of carbonyl (C=O) groups is 1. The molecular formula is C21H24ClNO2S. The summed E-state index contributed by atoms with van der Waals surface area (Å²) < 4.78 is 5.97. The molecule has 138 valence electrons. The second kappa shape index (κ2) is 8.83. The van der Waals surface area contributed by atoms with Gasteiger partial charge in [0.25, 0.3) is 0 Å². The second-order valence-corrected chi connectivity index (χ2v) is 8.22. The first-order valence-corrected chi connectivity index (χ1v) is 10.5. The van der Waals surface area contributed by atoms with E-state index in [-0.39, 0.29) is 23.4 Å². The number of anilines is 1. The third-order valence-electron chi connectivity index (χ3n) is 4.55. The third kappa shape index (κ3) is 4.36. The van der Waals surface area contributed by atoms with E-state index in [1.807, 2.05) is 55.1 Å². The predicted molar refractivity (Wildman–Crippen MR) is 110 cm³/mol. The average molecular weight is 390 g/mol. The van der Waals surface area contributed by atoms with Crippen LogP contribution in [0.4, 0.5) is 5.69 Å². The molecule has 0 bridgehead atoms. The molecule has 26 heavy (non-hydrogen) atoms. The number of halogens is 1. The summed E-state index contributed by atoms with van der Waals surface area (Å²) in [5.74, 6) is 1.31. The Morgan fingerprint density at radius 2 is 1.92 bits per heavy atom. The Hall–Kier alpha value is -1.65. The number of hydrogen-bond donors (Lipinski definition) is 1. The Labute approximate surface area is 164 Å². The summed E-state index contributed by atoms with van der Waals surface area (Å²) in [6.07, 6.45) is 0.699. The van der Waals surface area contributed by atoms with Crippen LogP contribution in [0.5, 0.6) is 0 Å². The minimum absolute atomic E-state index is 0.0350. The Morgan fingerprint density at radius 1 is 1.19 bits per heavy atom. The van der Waals surface area contributed by atoms with Gasteiger partial charge < -0.3 is 10.1 Å². The fourth-order valence-electron chi connectivity index (χ4n) is 3.14. The monoisotopic (exact) mass is 389 g/mol. The molecule has 3 rings (SSSR count). The van der Waals surface area contributed by atoms with E-state index in [4.69, 9.17) is 16.3 Å². The van der Waals surface area contributed by atoms with Crippen LogP contribution >= 0.6 is 23.4 Å². The number of hydrogen-bond acceptors (Lipinski definition) is 4. The predicted octanol–water partition coefficient (Wildman–Crippen LogP) is 5.44. The molecule has 0 aromatic heterocycles. The normalized spacial score (nSPS) is 21.6. The van der Waals surface area contributed by atoms with E-state index < -0.39 is 0 Å². The summed E-state index contributed by atoms with van der Waals surface area (Å²) >= 11 is 7.67. The highest BCUT2D eigenvalue weighted by Crippen LogP contribution is 2.43. The van der Waals surface area contributed by atoms with Crippen LogP contribution < -0.4 is 5.32 Å². The maximum Gasteiger partial charge on any atom is 0.338 e. The van der Waals surface area contributed by atoms with Crippen LogP contribution in [0.15, 0.2) is 48.5 Å². The van der Waals surface area contributed by atoms with Crippen LogP contribution in [0.1, 0.15) is 40.1 Å². The van der Waals surface area contributed by atoms with Gasteiger partial charge in [-0.15, -0.1) is 23.4 Å². The molecule has 0 saturated carbocycles. The molecule has 0 amide bonds. The third-order valence-corrected chi connectivity index (χ3v) is 6.22. The first kappa shape index (κ1) is 19.1. The standard InChI is InChI=1S/C21H24ClNO2S/c1-14-8-10-16(11-9-14)21(24)25-19-15(2)23-18-7-4-3-6-17(18)20(19)26-13-5-12-22/h3-4,6-11,15,19-20,23H,5,12-13H2,1-2H3/t15-,19-,20-/m0/s1. The number of rotatable bonds is 6. The summed E-state index contributed by atoms with van der Waals surface area (Å²) in [6.45, 7) is 4.07. The Bertz CT molecular complexity index is 750. The van der Waals surface area contributed by atoms with Crippen LogP contribution in [0, 0.1) is 6.92 Å². The molecule has 3 nitrogen and oxygen atoms in total. The SMILES string of the molecule is Cc1ccc(C(=O)O[C@H]2[C@H](C)Nc3ccccc3[C@@H]2SCCCCl)cc1. The van der Waals surface area contributed by atoms with Crippen molar-refractivity contribution in [1.29, 1.82) is 0 Å². The van der Waals surface area contributed by atoms with Crippen LogP contribution in [0.2, 0.25) is 0 Å². The molecular weight excluding hydrogens is 366 g/mol. The summed E-state index contributed by atoms with van der Waals surface area (Å²) in [7, 11) is 0. The maximum atomic E-state index is 12.7. The lowest BCUT2D eigenvalue weighted by molar-refractivity contribution is 0.0252. The van der Waals surface area contributed by atoms with Crippen molar-refractivity contribution in [2.45, 2.75) is 37.7 Å². The van der Waals surface area contributed by atoms with Crippen molar-refractivity contribution in [3.63, 3.8) is 0 Å². The van der Waals surface area contributed by atoms with Crippen molar-refractivity contribution in [2.75, 3.05) is 16.9 Å². The van der Waals surface area contributed by atoms with Crippen LogP contribution in [0.3, 0.4) is 0 Å². The highest BCUT2D eigenvalue weighted by atomic mass is 35.5. The van der Waals surface area contributed by atoms with Crippen molar-refractivity contribution < 1.29 is 9.53 Å². The van der Waals surface area contributed by atoms with Gasteiger partial charge in [-0.3, -0.25) is 0 Å². The minimum atomic E-state index is -0.272. The zero-order valence-electron chi connectivity index (χ0n) is 15.1. The first-order valence-electron chi connectivity index (χ1n) is 8.91. The van der Waals surface area contributed by atoms with Crippen LogP contribution in [0.25, 0.3) is 0 Å². The van der Waals surface area contributed by atoms with Gasteiger partial charge in [0.15, 0.2) is 0 Å². The smallest absolute Gasteiger partial charge is 0.338 e. The quantitative estimate of drug-likeness (QED) is 0.405. The molecule has 1 aliphatic heterocycles. The Morgan fingerprint density at radius 3 is 2.65 bits per heavy atom. The van der Waals surface area contributed by atoms with Gasteiger partial charge in [0, 0.05) is 11.6 Å². The lowest BCUT2D eigenvalue weighted by Gasteiger charge is -2.38. The number of fused-ring (bicyclic) bond motifs is 1. The highest BCUT2D eigenvalue weighted by molar-refractivity contribution is 7.99. The fourth-order valence-corrected chi connectivity index (χ4v) is 4.86. The molecule has 0 unspecified atom stereocenters. The number of para-hydroxylation sites is 1. The van der Waals surface area contributed by atoms with E-state index >= 15 is 0 Å². The first-order chi connectivity index (χ1) is 12.6. The number of aryl methyl sites for hydroxylation is 1. The van der Waals surface area contributed by atoms with Gasteiger partial charge in [-0.05, 0) is 49.8 Å². The second-order valence-electron chi connectivity index (χ2n) is 6.59. The van der Waals surface area contributed by atoms with E-state index in [2.05, 4.69) is 24.4 Å². The average Bonchev–Trinajstić information content (AvgIpc) is 2.64. The van der Waals surface area contributed by atoms with Crippen LogP contribution in [-0.4, -0.2) is 29.7 Å². The molecule has 0 saturated heterocycles. The Balaban J connectivity index is 1.82. The molecule has 3 atom stereocenters. The van der Waals surface area contributed by atoms with E-state index in [9.17, 15) is 4.79 Å². The Kier molecular flexibility index (Phi) is 6.49. The molecule has 1 N–H and O–H groups in total. The molecule has 1 heterocycles. The minimum Gasteiger partial charge on any atom is -0.455 e. The lowest BCUT2D eigenvalue weighted by atomic mass is 9.95. The number of thioether (sulfide) groups is 1. The molecule has 5 heteroatoms. The van der Waals surface area contributed by atoms with Gasteiger partial charge >= 0.3 is 5.97 Å². The molecule has 0 radical (unpaired) electrons. The van der Waals surface area contributed by atoms with Gasteiger partial charge in [0.2, 0.25) is 0 Å². The number of nitrogens with one attached hydrogen (secondary N) is 1. The zero-order valence-corrected chi connectivity index (χ0v) is 16.6. The summed E-state index contributed by atoms with van der Waals surface area (Å²) in [5.41, 5.74) is 4.02. The lowest BCUT2D eigenvalue weighted by Crippen LogP contribution is -2.42. The summed E-state index contributed by atoms with van der Waals surface area (Å²) in [4.78, 5) is 12.7. The van der Waals surface area contributed by atoms with Gasteiger partial charge in [-0.1, -0.05) is 35.9 Å². The topological polar surface area (TPSA) is 38.3 Å². The largest absolute Gasteiger partial charge is 0.455 e. The van der Waals surface area contributed by atoms with E-state index in [0.717, 1.165) is 23.4 Å². The summed E-state index contributed by atoms with van der Waals surface area (Å²) in [6, 6.07) is 15.8. The number of benzene rings is 2. The van der Waals surface area contributed by atoms with Crippen LogP contribution in [-0.2, 0) is 4.74 Å². The van der Waals surface area contributed by atoms with Gasteiger partial charge in [-0.2, -0.15) is 0 Å². The molecule has 2 aromatic carbocycles. The molecule has 0 aliphatic carbocycles. The number of carbonyl (C=O) groups excluding carboxylic acids is 1. The van der Waals surface area contributed by atoms with Crippen molar-refractivity contribution in [2.24, 2.45) is 0 Å². The van der Waals surface area contributed by atoms with E-state index in [1.54, 1.807) is 0 Å². The van der Waals surface area contributed by atoms with Gasteiger partial charge in [0.1, 0.15) is 6.10 Å². The molecule has 0 spiro atoms. The van der Waals surface area contributed by atoms with Crippen molar-refractivity contribution in [1.82, 2.24) is 0 Å². The maximum absolute atomic E-state index is 12.7. The van der Waals surface area contributed by atoms with Crippen molar-refractivity contribution in [3.05, 3.63) is 65.2 Å². The van der Waals surface area contributed by atoms with Gasteiger partial charge in [-0.25, -0.2) is 4.79 Å². The van der Waals surface area contributed by atoms with Crippen molar-refractivity contribution in [3.8, 4) is 0 Å². The van der Waals surface area contributed by atoms with E-state index in [0.29, 0.717) is 11.4 Å². The summed E-state index contributed by atoms with van der Waals surface area (Å²) in [5, 5.41) is 3.58. The van der Waals surface area contributed by atoms with E-state index in [1.165, 1.54) is 5.56 Å².